The molecule has 3 heteroatoms. The highest BCUT2D eigenvalue weighted by Crippen LogP contribution is 2.63. The Morgan fingerprint density at radius 2 is 2.07 bits per heavy atom. The summed E-state index contributed by atoms with van der Waals surface area (Å²) < 4.78 is 0. The Hall–Kier alpha value is -0.660. The summed E-state index contributed by atoms with van der Waals surface area (Å²) in [7, 11) is 0. The van der Waals surface area contributed by atoms with Gasteiger partial charge in [0.25, 0.3) is 0 Å². The van der Waals surface area contributed by atoms with Crippen LogP contribution >= 0.6 is 0 Å². The minimum absolute atomic E-state index is 0.203. The van der Waals surface area contributed by atoms with Crippen molar-refractivity contribution in [2.24, 2.45) is 16.3 Å². The van der Waals surface area contributed by atoms with Crippen LogP contribution in [0.4, 0.5) is 0 Å². The first kappa shape index (κ1) is 9.56. The van der Waals surface area contributed by atoms with Crippen molar-refractivity contribution in [3.8, 4) is 0 Å². The molecule has 4 aliphatic rings. The molecule has 4 aliphatic carbocycles. The molecule has 0 amide bonds. The summed E-state index contributed by atoms with van der Waals surface area (Å²) in [5.74, 6) is 0.563. The Morgan fingerprint density at radius 1 is 1.27 bits per heavy atom. The largest absolute Gasteiger partial charge is 0.390 e. The number of aliphatic imine (C=N–C) groups is 1. The van der Waals surface area contributed by atoms with Gasteiger partial charge < -0.3 is 5.11 Å². The quantitative estimate of drug-likeness (QED) is 0.526. The number of hydrogen-bond acceptors (Lipinski definition) is 3. The van der Waals surface area contributed by atoms with Gasteiger partial charge in [0.15, 0.2) is 0 Å². The van der Waals surface area contributed by atoms with E-state index in [1.165, 1.54) is 6.42 Å². The van der Waals surface area contributed by atoms with Crippen LogP contribution in [0.15, 0.2) is 4.99 Å². The van der Waals surface area contributed by atoms with Crippen molar-refractivity contribution in [1.29, 1.82) is 0 Å². The SMILES string of the molecule is CC12CC3CC(O)(C1)CC(N=C=O)(C3)C2. The van der Waals surface area contributed by atoms with E-state index in [0.29, 0.717) is 12.3 Å². The maximum Gasteiger partial charge on any atom is 0.235 e. The average molecular weight is 207 g/mol. The Labute approximate surface area is 89.6 Å². The summed E-state index contributed by atoms with van der Waals surface area (Å²) in [6.07, 6.45) is 7.37. The molecule has 4 atom stereocenters. The summed E-state index contributed by atoms with van der Waals surface area (Å²) >= 11 is 0. The number of hydrogen-bond donors (Lipinski definition) is 1. The van der Waals surface area contributed by atoms with Gasteiger partial charge in [0.1, 0.15) is 0 Å². The third kappa shape index (κ3) is 1.30. The Balaban J connectivity index is 2.05. The lowest BCUT2D eigenvalue weighted by molar-refractivity contribution is -0.164. The van der Waals surface area contributed by atoms with Crippen molar-refractivity contribution in [3.05, 3.63) is 0 Å². The lowest BCUT2D eigenvalue weighted by Crippen LogP contribution is -2.61. The summed E-state index contributed by atoms with van der Waals surface area (Å²) in [4.78, 5) is 14.6. The second-order valence-electron chi connectivity index (χ2n) is 6.47. The lowest BCUT2D eigenvalue weighted by Gasteiger charge is -2.62. The van der Waals surface area contributed by atoms with Gasteiger partial charge in [0.05, 0.1) is 11.1 Å². The maximum atomic E-state index is 10.5. The van der Waals surface area contributed by atoms with Gasteiger partial charge in [-0.3, -0.25) is 0 Å². The Kier molecular flexibility index (Phi) is 1.61. The smallest absolute Gasteiger partial charge is 0.235 e. The first-order chi connectivity index (χ1) is 6.97. The normalized spacial score (nSPS) is 56.5. The highest BCUT2D eigenvalue weighted by molar-refractivity contribution is 5.36. The fourth-order valence-corrected chi connectivity index (χ4v) is 5.03. The predicted octanol–water partition coefficient (Wildman–Crippen LogP) is 1.80. The van der Waals surface area contributed by atoms with E-state index in [0.717, 1.165) is 25.7 Å². The molecule has 4 saturated carbocycles. The van der Waals surface area contributed by atoms with E-state index in [4.69, 9.17) is 0 Å². The van der Waals surface area contributed by atoms with Crippen LogP contribution in [0.5, 0.6) is 0 Å². The molecule has 0 spiro atoms. The van der Waals surface area contributed by atoms with Gasteiger partial charge in [-0.05, 0) is 43.4 Å². The molecule has 0 aromatic heterocycles. The van der Waals surface area contributed by atoms with E-state index in [9.17, 15) is 9.90 Å². The zero-order valence-corrected chi connectivity index (χ0v) is 9.12. The molecule has 0 aromatic rings. The molecule has 4 unspecified atom stereocenters. The van der Waals surface area contributed by atoms with E-state index in [1.54, 1.807) is 6.08 Å². The minimum atomic E-state index is -0.547. The molecule has 15 heavy (non-hydrogen) atoms. The molecule has 1 N–H and O–H groups in total. The molecule has 0 aliphatic heterocycles. The van der Waals surface area contributed by atoms with Gasteiger partial charge in [-0.15, -0.1) is 0 Å². The number of rotatable bonds is 1. The molecule has 0 heterocycles. The van der Waals surface area contributed by atoms with Crippen LogP contribution in [0.2, 0.25) is 0 Å². The van der Waals surface area contributed by atoms with E-state index in [1.807, 2.05) is 0 Å². The average Bonchev–Trinajstić information content (AvgIpc) is 1.94. The first-order valence-corrected chi connectivity index (χ1v) is 5.78. The molecule has 0 saturated heterocycles. The summed E-state index contributed by atoms with van der Waals surface area (Å²) in [5, 5.41) is 10.5. The van der Waals surface area contributed by atoms with Gasteiger partial charge in [0, 0.05) is 6.42 Å². The standard InChI is InChI=1S/C12H17NO2/c1-10-2-9-3-11(5-10,13-8-14)7-12(15,4-9)6-10/h9,15H,2-7H2,1H3. The highest BCUT2D eigenvalue weighted by atomic mass is 16.3. The fourth-order valence-electron chi connectivity index (χ4n) is 5.03. The van der Waals surface area contributed by atoms with E-state index < -0.39 is 5.60 Å². The van der Waals surface area contributed by atoms with Crippen molar-refractivity contribution < 1.29 is 9.90 Å². The molecule has 3 nitrogen and oxygen atoms in total. The third-order valence-electron chi connectivity index (χ3n) is 4.57. The second kappa shape index (κ2) is 2.53. The van der Waals surface area contributed by atoms with E-state index in [-0.39, 0.29) is 11.0 Å². The Morgan fingerprint density at radius 3 is 2.67 bits per heavy atom. The van der Waals surface area contributed by atoms with Gasteiger partial charge in [-0.1, -0.05) is 6.92 Å². The number of nitrogens with zero attached hydrogens (tertiary/aromatic N) is 1. The fraction of sp³-hybridized carbons (Fsp3) is 0.917. The second-order valence-corrected chi connectivity index (χ2v) is 6.47. The highest BCUT2D eigenvalue weighted by Gasteiger charge is 2.61. The topological polar surface area (TPSA) is 49.7 Å². The van der Waals surface area contributed by atoms with Crippen molar-refractivity contribution in [2.75, 3.05) is 0 Å². The molecule has 82 valence electrons. The number of carbonyl (C=O) groups excluding carboxylic acids is 1. The minimum Gasteiger partial charge on any atom is -0.390 e. The lowest BCUT2D eigenvalue weighted by atomic mass is 9.46. The van der Waals surface area contributed by atoms with Gasteiger partial charge in [0.2, 0.25) is 6.08 Å². The molecule has 0 radical (unpaired) electrons. The molecule has 4 rings (SSSR count). The predicted molar refractivity (Wildman–Crippen MR) is 55.1 cm³/mol. The van der Waals surface area contributed by atoms with Crippen LogP contribution in [-0.2, 0) is 4.79 Å². The monoisotopic (exact) mass is 207 g/mol. The molecular formula is C12H17NO2. The van der Waals surface area contributed by atoms with Gasteiger partial charge >= 0.3 is 0 Å². The zero-order valence-electron chi connectivity index (χ0n) is 9.12. The van der Waals surface area contributed by atoms with Crippen LogP contribution in [-0.4, -0.2) is 22.3 Å². The van der Waals surface area contributed by atoms with Crippen molar-refractivity contribution in [3.63, 3.8) is 0 Å². The van der Waals surface area contributed by atoms with Crippen molar-refractivity contribution in [2.45, 2.75) is 56.6 Å². The summed E-state index contributed by atoms with van der Waals surface area (Å²) in [6, 6.07) is 0. The molecule has 4 fully saturated rings. The first-order valence-electron chi connectivity index (χ1n) is 5.78. The van der Waals surface area contributed by atoms with Gasteiger partial charge in [-0.25, -0.2) is 4.79 Å². The van der Waals surface area contributed by atoms with Crippen LogP contribution in [0, 0.1) is 11.3 Å². The zero-order chi connectivity index (χ0) is 10.7. The van der Waals surface area contributed by atoms with Crippen LogP contribution in [0.1, 0.15) is 45.4 Å². The Bertz CT molecular complexity index is 341. The van der Waals surface area contributed by atoms with Crippen molar-refractivity contribution in [1.82, 2.24) is 0 Å². The maximum absolute atomic E-state index is 10.5. The van der Waals surface area contributed by atoms with Crippen LogP contribution < -0.4 is 0 Å². The van der Waals surface area contributed by atoms with Crippen LogP contribution in [0.25, 0.3) is 0 Å². The number of isocyanates is 1. The molecular weight excluding hydrogens is 190 g/mol. The van der Waals surface area contributed by atoms with Gasteiger partial charge in [-0.2, -0.15) is 4.99 Å². The molecule has 0 aromatic carbocycles. The van der Waals surface area contributed by atoms with E-state index >= 15 is 0 Å². The van der Waals surface area contributed by atoms with E-state index in [2.05, 4.69) is 11.9 Å². The summed E-state index contributed by atoms with van der Waals surface area (Å²) in [5.41, 5.74) is -0.617. The third-order valence-corrected chi connectivity index (χ3v) is 4.57. The molecule has 4 bridgehead atoms. The number of aliphatic hydroxyl groups is 1. The van der Waals surface area contributed by atoms with Crippen molar-refractivity contribution >= 4 is 6.08 Å². The summed E-state index contributed by atoms with van der Waals surface area (Å²) in [6.45, 7) is 2.23. The van der Waals surface area contributed by atoms with Crippen LogP contribution in [0.3, 0.4) is 0 Å².